The predicted molar refractivity (Wildman–Crippen MR) is 72.2 cm³/mol. The zero-order valence-corrected chi connectivity index (χ0v) is 12.2. The van der Waals surface area contributed by atoms with Crippen LogP contribution in [0.3, 0.4) is 0 Å². The van der Waals surface area contributed by atoms with Crippen LogP contribution >= 0.6 is 11.3 Å². The Bertz CT molecular complexity index is 414. The molecule has 2 heterocycles. The van der Waals surface area contributed by atoms with Gasteiger partial charge >= 0.3 is 0 Å². The van der Waals surface area contributed by atoms with Crippen LogP contribution in [0.25, 0.3) is 0 Å². The van der Waals surface area contributed by atoms with Gasteiger partial charge in [0.25, 0.3) is 0 Å². The number of hydrogen-bond donors (Lipinski definition) is 1. The fraction of sp³-hybridized carbons (Fsp3) is 0.692. The van der Waals surface area contributed by atoms with E-state index in [0.717, 1.165) is 31.1 Å². The number of piperazine rings is 1. The van der Waals surface area contributed by atoms with Crippen molar-refractivity contribution in [3.05, 3.63) is 16.1 Å². The molecule has 0 atom stereocenters. The molecule has 6 heteroatoms. The Hall–Kier alpha value is -0.980. The van der Waals surface area contributed by atoms with E-state index in [-0.39, 0.29) is 6.42 Å². The summed E-state index contributed by atoms with van der Waals surface area (Å²) in [5, 5.41) is 13.3. The van der Waals surface area contributed by atoms with Gasteiger partial charge < -0.3 is 14.8 Å². The largest absolute Gasteiger partial charge is 0.550 e. The summed E-state index contributed by atoms with van der Waals surface area (Å²) in [6.45, 7) is 9.23. The third-order valence-electron chi connectivity index (χ3n) is 3.63. The van der Waals surface area contributed by atoms with E-state index < -0.39 is 5.97 Å². The second kappa shape index (κ2) is 6.98. The van der Waals surface area contributed by atoms with Gasteiger partial charge in [-0.3, -0.25) is 4.90 Å². The van der Waals surface area contributed by atoms with E-state index in [1.807, 2.05) is 5.38 Å². The second-order valence-corrected chi connectivity index (χ2v) is 5.92. The van der Waals surface area contributed by atoms with E-state index >= 15 is 0 Å². The number of quaternary nitrogens is 1. The van der Waals surface area contributed by atoms with Crippen LogP contribution in [-0.4, -0.2) is 55.1 Å². The molecule has 0 unspecified atom stereocenters. The summed E-state index contributed by atoms with van der Waals surface area (Å²) in [4.78, 5) is 19.0. The molecule has 1 aliphatic rings. The third kappa shape index (κ3) is 4.56. The second-order valence-electron chi connectivity index (χ2n) is 4.98. The number of likely N-dealkylation sites (N-methyl/N-ethyl adjacent to an activating group) is 1. The summed E-state index contributed by atoms with van der Waals surface area (Å²) in [6, 6.07) is 0. The van der Waals surface area contributed by atoms with Gasteiger partial charge in [0.05, 0.1) is 30.3 Å². The number of carbonyl (C=O) groups excluding carboxylic acids is 1. The van der Waals surface area contributed by atoms with Crippen molar-refractivity contribution in [2.75, 3.05) is 39.3 Å². The molecule has 0 amide bonds. The first-order valence-electron chi connectivity index (χ1n) is 6.86. The Morgan fingerprint density at radius 2 is 2.26 bits per heavy atom. The number of thiazole rings is 1. The summed E-state index contributed by atoms with van der Waals surface area (Å²) >= 11 is 1.55. The first-order valence-corrected chi connectivity index (χ1v) is 7.74. The molecule has 5 nitrogen and oxygen atoms in total. The van der Waals surface area contributed by atoms with E-state index in [9.17, 15) is 9.90 Å². The Balaban J connectivity index is 1.73. The van der Waals surface area contributed by atoms with Gasteiger partial charge in [0.2, 0.25) is 0 Å². The first kappa shape index (κ1) is 14.4. The third-order valence-corrected chi connectivity index (χ3v) is 4.59. The Kier molecular flexibility index (Phi) is 5.30. The highest BCUT2D eigenvalue weighted by molar-refractivity contribution is 7.09. The average Bonchev–Trinajstić information content (AvgIpc) is 2.84. The molecule has 2 rings (SSSR count). The Morgan fingerprint density at radius 1 is 1.53 bits per heavy atom. The minimum absolute atomic E-state index is 0.0744. The maximum Gasteiger partial charge on any atom is 0.0941 e. The number of nitrogens with one attached hydrogen (secondary N) is 1. The fourth-order valence-electron chi connectivity index (χ4n) is 2.39. The van der Waals surface area contributed by atoms with Crippen molar-refractivity contribution in [2.45, 2.75) is 19.8 Å². The summed E-state index contributed by atoms with van der Waals surface area (Å²) in [7, 11) is 0. The molecule has 1 fully saturated rings. The lowest BCUT2D eigenvalue weighted by molar-refractivity contribution is -0.902. The standard InChI is InChI=1S/C13H21N3O2S/c1-2-15-5-7-16(8-6-15)4-3-12-14-11(10-19-12)9-13(17)18/h10H,2-9H2,1H3,(H,17,18). The van der Waals surface area contributed by atoms with Crippen molar-refractivity contribution in [3.63, 3.8) is 0 Å². The summed E-state index contributed by atoms with van der Waals surface area (Å²) in [5.74, 6) is -1.06. The molecule has 0 radical (unpaired) electrons. The normalized spacial score (nSPS) is 17.7. The molecule has 0 aliphatic carbocycles. The van der Waals surface area contributed by atoms with Gasteiger partial charge in [-0.05, 0) is 6.92 Å². The molecule has 1 aromatic heterocycles. The van der Waals surface area contributed by atoms with Gasteiger partial charge in [-0.1, -0.05) is 0 Å². The molecule has 0 saturated carbocycles. The topological polar surface area (TPSA) is 60.7 Å². The minimum Gasteiger partial charge on any atom is -0.550 e. The van der Waals surface area contributed by atoms with Crippen molar-refractivity contribution < 1.29 is 14.8 Å². The van der Waals surface area contributed by atoms with Gasteiger partial charge in [0.15, 0.2) is 0 Å². The van der Waals surface area contributed by atoms with Crippen molar-refractivity contribution in [2.24, 2.45) is 0 Å². The molecular formula is C13H21N3O2S. The first-order chi connectivity index (χ1) is 9.17. The molecule has 106 valence electrons. The van der Waals surface area contributed by atoms with Crippen LogP contribution in [-0.2, 0) is 17.6 Å². The molecule has 0 spiro atoms. The van der Waals surface area contributed by atoms with E-state index in [4.69, 9.17) is 0 Å². The van der Waals surface area contributed by atoms with Gasteiger partial charge in [-0.25, -0.2) is 4.98 Å². The van der Waals surface area contributed by atoms with E-state index in [0.29, 0.717) is 5.69 Å². The molecule has 19 heavy (non-hydrogen) atoms. The summed E-state index contributed by atoms with van der Waals surface area (Å²) < 4.78 is 0. The maximum absolute atomic E-state index is 10.5. The number of aliphatic carboxylic acids is 1. The Labute approximate surface area is 117 Å². The molecule has 0 bridgehead atoms. The van der Waals surface area contributed by atoms with Crippen LogP contribution in [0, 0.1) is 0 Å². The Morgan fingerprint density at radius 3 is 2.89 bits per heavy atom. The highest BCUT2D eigenvalue weighted by Crippen LogP contribution is 2.11. The lowest BCUT2D eigenvalue weighted by Crippen LogP contribution is -3.14. The highest BCUT2D eigenvalue weighted by atomic mass is 32.1. The van der Waals surface area contributed by atoms with E-state index in [1.54, 1.807) is 16.2 Å². The number of carbonyl (C=O) groups is 1. The molecule has 1 aliphatic heterocycles. The van der Waals surface area contributed by atoms with Crippen molar-refractivity contribution in [3.8, 4) is 0 Å². The van der Waals surface area contributed by atoms with Crippen LogP contribution in [0.15, 0.2) is 5.38 Å². The number of carboxylic acid groups (broad SMARTS) is 1. The fourth-order valence-corrected chi connectivity index (χ4v) is 3.18. The minimum atomic E-state index is -1.06. The maximum atomic E-state index is 10.5. The average molecular weight is 283 g/mol. The summed E-state index contributed by atoms with van der Waals surface area (Å²) in [5.41, 5.74) is 0.625. The van der Waals surface area contributed by atoms with Crippen molar-refractivity contribution in [1.82, 2.24) is 9.88 Å². The molecule has 1 saturated heterocycles. The zero-order chi connectivity index (χ0) is 13.7. The van der Waals surface area contributed by atoms with E-state index in [1.165, 1.54) is 19.6 Å². The molecule has 1 N–H and O–H groups in total. The van der Waals surface area contributed by atoms with Crippen LogP contribution in [0.4, 0.5) is 0 Å². The number of aromatic nitrogens is 1. The van der Waals surface area contributed by atoms with Crippen LogP contribution in [0.1, 0.15) is 17.6 Å². The summed E-state index contributed by atoms with van der Waals surface area (Å²) in [6.07, 6.45) is 0.841. The number of rotatable bonds is 6. The number of hydrogen-bond acceptors (Lipinski definition) is 5. The smallest absolute Gasteiger partial charge is 0.0941 e. The van der Waals surface area contributed by atoms with Crippen molar-refractivity contribution >= 4 is 17.3 Å². The lowest BCUT2D eigenvalue weighted by atomic mass is 10.3. The molecule has 0 aromatic carbocycles. The van der Waals surface area contributed by atoms with Crippen LogP contribution in [0.2, 0.25) is 0 Å². The van der Waals surface area contributed by atoms with Gasteiger partial charge in [-0.15, -0.1) is 11.3 Å². The zero-order valence-electron chi connectivity index (χ0n) is 11.4. The SMILES string of the molecule is CC[NH+]1CCN(CCc2nc(CC(=O)[O-])cs2)CC1. The van der Waals surface area contributed by atoms with Crippen LogP contribution in [0.5, 0.6) is 0 Å². The predicted octanol–water partition coefficient (Wildman–Crippen LogP) is -1.80. The quantitative estimate of drug-likeness (QED) is 0.669. The highest BCUT2D eigenvalue weighted by Gasteiger charge is 2.18. The van der Waals surface area contributed by atoms with Gasteiger partial charge in [0, 0.05) is 43.8 Å². The number of carboxylic acids is 1. The molecule has 1 aromatic rings. The molecular weight excluding hydrogens is 262 g/mol. The van der Waals surface area contributed by atoms with Crippen LogP contribution < -0.4 is 10.0 Å². The van der Waals surface area contributed by atoms with E-state index in [2.05, 4.69) is 16.8 Å². The van der Waals surface area contributed by atoms with Gasteiger partial charge in [0.1, 0.15) is 0 Å². The van der Waals surface area contributed by atoms with Crippen molar-refractivity contribution in [1.29, 1.82) is 0 Å². The monoisotopic (exact) mass is 283 g/mol. The number of nitrogens with zero attached hydrogens (tertiary/aromatic N) is 2. The lowest BCUT2D eigenvalue weighted by Gasteiger charge is -2.31. The van der Waals surface area contributed by atoms with Gasteiger partial charge in [-0.2, -0.15) is 0 Å².